The van der Waals surface area contributed by atoms with Gasteiger partial charge >= 0.3 is 0 Å². The number of piperidine rings is 1. The number of benzene rings is 1. The summed E-state index contributed by atoms with van der Waals surface area (Å²) in [6, 6.07) is 10.2. The molecule has 1 aromatic rings. The average Bonchev–Trinajstić information content (AvgIpc) is 2.67. The van der Waals surface area contributed by atoms with Crippen LogP contribution in [0.25, 0.3) is 0 Å². The van der Waals surface area contributed by atoms with Crippen LogP contribution in [0.1, 0.15) is 6.42 Å². The molecule has 3 rings (SSSR count). The van der Waals surface area contributed by atoms with Gasteiger partial charge in [-0.3, -0.25) is 14.8 Å². The molecule has 7 heteroatoms. The maximum absolute atomic E-state index is 12.8. The summed E-state index contributed by atoms with van der Waals surface area (Å²) >= 11 is 0. The Morgan fingerprint density at radius 1 is 1.08 bits per heavy atom. The van der Waals surface area contributed by atoms with Gasteiger partial charge in [-0.25, -0.2) is 5.48 Å². The quantitative estimate of drug-likeness (QED) is 0.539. The predicted octanol–water partition coefficient (Wildman–Crippen LogP) is 0.0663. The molecule has 2 saturated heterocycles. The third-order valence-corrected chi connectivity index (χ3v) is 4.96. The molecule has 2 aliphatic heterocycles. The topological polar surface area (TPSA) is 84.9 Å². The minimum absolute atomic E-state index is 0.0258. The molecule has 2 aliphatic rings. The second-order valence-electron chi connectivity index (χ2n) is 6.33. The highest BCUT2D eigenvalue weighted by Gasteiger charge is 2.38. The van der Waals surface area contributed by atoms with Gasteiger partial charge in [0.2, 0.25) is 11.8 Å². The van der Waals surface area contributed by atoms with Crippen molar-refractivity contribution < 1.29 is 14.8 Å². The van der Waals surface area contributed by atoms with Gasteiger partial charge in [-0.05, 0) is 25.1 Å². The van der Waals surface area contributed by atoms with E-state index < -0.39 is 11.8 Å². The maximum Gasteiger partial charge on any atom is 0.248 e. The van der Waals surface area contributed by atoms with Crippen molar-refractivity contribution in [3.63, 3.8) is 0 Å². The zero-order chi connectivity index (χ0) is 16.9. The first-order valence-electron chi connectivity index (χ1n) is 8.44. The van der Waals surface area contributed by atoms with Crippen LogP contribution in [0, 0.1) is 11.8 Å². The molecule has 0 aliphatic carbocycles. The molecule has 0 spiro atoms. The monoisotopic (exact) mass is 332 g/mol. The van der Waals surface area contributed by atoms with Crippen LogP contribution in [0.15, 0.2) is 30.3 Å². The number of rotatable bonds is 3. The lowest BCUT2D eigenvalue weighted by Gasteiger charge is -2.39. The van der Waals surface area contributed by atoms with E-state index >= 15 is 0 Å². The van der Waals surface area contributed by atoms with Crippen LogP contribution in [0.3, 0.4) is 0 Å². The van der Waals surface area contributed by atoms with Crippen molar-refractivity contribution >= 4 is 17.5 Å². The Hall–Kier alpha value is -2.12. The SMILES string of the molecule is O=C(NO)[C@H]1CNCC[C@@H]1C(=O)N1CCN(c2ccccc2)CC1. The lowest BCUT2D eigenvalue weighted by atomic mass is 9.84. The van der Waals surface area contributed by atoms with Gasteiger partial charge < -0.3 is 15.1 Å². The summed E-state index contributed by atoms with van der Waals surface area (Å²) in [7, 11) is 0. The highest BCUT2D eigenvalue weighted by Crippen LogP contribution is 2.24. The first-order chi connectivity index (χ1) is 11.7. The van der Waals surface area contributed by atoms with E-state index in [0.29, 0.717) is 26.1 Å². The van der Waals surface area contributed by atoms with Gasteiger partial charge in [-0.15, -0.1) is 0 Å². The first kappa shape index (κ1) is 16.7. The molecular formula is C17H24N4O3. The van der Waals surface area contributed by atoms with Crippen molar-refractivity contribution in [2.24, 2.45) is 11.8 Å². The van der Waals surface area contributed by atoms with Gasteiger partial charge in [0.25, 0.3) is 0 Å². The highest BCUT2D eigenvalue weighted by molar-refractivity contribution is 5.87. The van der Waals surface area contributed by atoms with Gasteiger partial charge in [0.15, 0.2) is 0 Å². The van der Waals surface area contributed by atoms with Crippen molar-refractivity contribution in [2.75, 3.05) is 44.2 Å². The molecule has 2 heterocycles. The molecule has 2 atom stereocenters. The second-order valence-corrected chi connectivity index (χ2v) is 6.33. The van der Waals surface area contributed by atoms with Crippen LogP contribution in [-0.2, 0) is 9.59 Å². The number of hydroxylamine groups is 1. The fourth-order valence-corrected chi connectivity index (χ4v) is 3.57. The smallest absolute Gasteiger partial charge is 0.248 e. The van der Waals surface area contributed by atoms with E-state index in [1.807, 2.05) is 23.1 Å². The molecular weight excluding hydrogens is 308 g/mol. The van der Waals surface area contributed by atoms with Crippen LogP contribution in [-0.4, -0.2) is 61.2 Å². The van der Waals surface area contributed by atoms with Crippen LogP contribution in [0.4, 0.5) is 5.69 Å². The van der Waals surface area contributed by atoms with E-state index in [-0.39, 0.29) is 11.8 Å². The molecule has 0 radical (unpaired) electrons. The summed E-state index contributed by atoms with van der Waals surface area (Å²) in [5, 5.41) is 12.0. The minimum Gasteiger partial charge on any atom is -0.368 e. The van der Waals surface area contributed by atoms with Crippen LogP contribution in [0.5, 0.6) is 0 Å². The van der Waals surface area contributed by atoms with Gasteiger partial charge in [-0.2, -0.15) is 0 Å². The Morgan fingerprint density at radius 2 is 1.79 bits per heavy atom. The summed E-state index contributed by atoms with van der Waals surface area (Å²) in [4.78, 5) is 28.8. The Balaban J connectivity index is 1.61. The Labute approximate surface area is 141 Å². The number of carbonyl (C=O) groups is 2. The lowest BCUT2D eigenvalue weighted by molar-refractivity contribution is -0.146. The van der Waals surface area contributed by atoms with Crippen molar-refractivity contribution in [2.45, 2.75) is 6.42 Å². The van der Waals surface area contributed by atoms with E-state index in [4.69, 9.17) is 5.21 Å². The zero-order valence-corrected chi connectivity index (χ0v) is 13.6. The molecule has 7 nitrogen and oxygen atoms in total. The number of piperazine rings is 1. The van der Waals surface area contributed by atoms with Gasteiger partial charge in [0.1, 0.15) is 0 Å². The molecule has 0 bridgehead atoms. The number of amides is 2. The number of anilines is 1. The van der Waals surface area contributed by atoms with Crippen LogP contribution < -0.4 is 15.7 Å². The number of para-hydroxylation sites is 1. The molecule has 0 aromatic heterocycles. The summed E-state index contributed by atoms with van der Waals surface area (Å²) in [5.41, 5.74) is 2.86. The third kappa shape index (κ3) is 3.52. The summed E-state index contributed by atoms with van der Waals surface area (Å²) < 4.78 is 0. The van der Waals surface area contributed by atoms with Gasteiger partial charge in [0.05, 0.1) is 11.8 Å². The fourth-order valence-electron chi connectivity index (χ4n) is 3.57. The Morgan fingerprint density at radius 3 is 2.46 bits per heavy atom. The molecule has 0 unspecified atom stereocenters. The number of nitrogens with zero attached hydrogens (tertiary/aromatic N) is 2. The minimum atomic E-state index is -0.511. The largest absolute Gasteiger partial charge is 0.368 e. The summed E-state index contributed by atoms with van der Waals surface area (Å²) in [5.74, 6) is -1.33. The van der Waals surface area contributed by atoms with Crippen LogP contribution in [0.2, 0.25) is 0 Å². The number of hydrogen-bond donors (Lipinski definition) is 3. The number of nitrogens with one attached hydrogen (secondary N) is 2. The van der Waals surface area contributed by atoms with Crippen molar-refractivity contribution in [3.8, 4) is 0 Å². The lowest BCUT2D eigenvalue weighted by Crippen LogP contribution is -2.55. The standard InChI is InChI=1S/C17H24N4O3/c22-16(19-24)15-12-18-7-6-14(15)17(23)21-10-8-20(9-11-21)13-4-2-1-3-5-13/h1-5,14-15,18,24H,6-12H2,(H,19,22)/t14-,15-/m0/s1. The molecule has 130 valence electrons. The second kappa shape index (κ2) is 7.63. The third-order valence-electron chi connectivity index (χ3n) is 4.96. The predicted molar refractivity (Wildman–Crippen MR) is 89.6 cm³/mol. The summed E-state index contributed by atoms with van der Waals surface area (Å²) in [6.07, 6.45) is 0.621. The molecule has 2 amide bonds. The molecule has 2 fully saturated rings. The van der Waals surface area contributed by atoms with E-state index in [1.165, 1.54) is 5.69 Å². The van der Waals surface area contributed by atoms with E-state index in [2.05, 4.69) is 22.3 Å². The first-order valence-corrected chi connectivity index (χ1v) is 8.44. The maximum atomic E-state index is 12.8. The highest BCUT2D eigenvalue weighted by atomic mass is 16.5. The van der Waals surface area contributed by atoms with Gasteiger partial charge in [0, 0.05) is 38.4 Å². The van der Waals surface area contributed by atoms with Crippen LogP contribution >= 0.6 is 0 Å². The summed E-state index contributed by atoms with van der Waals surface area (Å²) in [6.45, 7) is 4.04. The average molecular weight is 332 g/mol. The Bertz CT molecular complexity index is 572. The van der Waals surface area contributed by atoms with Gasteiger partial charge in [-0.1, -0.05) is 18.2 Å². The molecule has 1 aromatic carbocycles. The number of hydrogen-bond acceptors (Lipinski definition) is 5. The van der Waals surface area contributed by atoms with Crippen molar-refractivity contribution in [1.82, 2.24) is 15.7 Å². The van der Waals surface area contributed by atoms with E-state index in [1.54, 1.807) is 5.48 Å². The van der Waals surface area contributed by atoms with E-state index in [0.717, 1.165) is 19.6 Å². The van der Waals surface area contributed by atoms with Crippen molar-refractivity contribution in [3.05, 3.63) is 30.3 Å². The fraction of sp³-hybridized carbons (Fsp3) is 0.529. The Kier molecular flexibility index (Phi) is 5.32. The number of carbonyl (C=O) groups excluding carboxylic acids is 2. The molecule has 0 saturated carbocycles. The normalized spacial score (nSPS) is 24.5. The molecule has 24 heavy (non-hydrogen) atoms. The zero-order valence-electron chi connectivity index (χ0n) is 13.6. The van der Waals surface area contributed by atoms with Crippen molar-refractivity contribution in [1.29, 1.82) is 0 Å². The molecule has 3 N–H and O–H groups in total. The van der Waals surface area contributed by atoms with E-state index in [9.17, 15) is 9.59 Å².